The summed E-state index contributed by atoms with van der Waals surface area (Å²) in [6.45, 7) is 3.43. The van der Waals surface area contributed by atoms with Crippen molar-refractivity contribution in [3.05, 3.63) is 33.9 Å². The zero-order valence-corrected chi connectivity index (χ0v) is 12.5. The fraction of sp³-hybridized carbons (Fsp3) is 0.600. The number of rotatable bonds is 6. The normalized spacial score (nSPS) is 19.4. The maximum absolute atomic E-state index is 10.9. The van der Waals surface area contributed by atoms with Gasteiger partial charge in [0.15, 0.2) is 0 Å². The molecule has 1 atom stereocenters. The number of benzene rings is 1. The van der Waals surface area contributed by atoms with E-state index in [0.717, 1.165) is 38.0 Å². The van der Waals surface area contributed by atoms with Crippen LogP contribution in [0.3, 0.4) is 0 Å². The van der Waals surface area contributed by atoms with Crippen LogP contribution in [0.25, 0.3) is 0 Å². The molecule has 6 heteroatoms. The largest absolute Gasteiger partial charge is 0.496 e. The molecule has 21 heavy (non-hydrogen) atoms. The third kappa shape index (κ3) is 4.15. The topological polar surface area (TPSA) is 81.6 Å². The van der Waals surface area contributed by atoms with Gasteiger partial charge in [0.1, 0.15) is 5.75 Å². The smallest absolute Gasteiger partial charge is 0.270 e. The van der Waals surface area contributed by atoms with E-state index in [1.807, 2.05) is 0 Å². The monoisotopic (exact) mass is 293 g/mol. The first-order valence-electron chi connectivity index (χ1n) is 7.37. The van der Waals surface area contributed by atoms with Crippen molar-refractivity contribution in [3.63, 3.8) is 0 Å². The Morgan fingerprint density at radius 2 is 2.33 bits per heavy atom. The lowest BCUT2D eigenvalue weighted by molar-refractivity contribution is -0.385. The van der Waals surface area contributed by atoms with Gasteiger partial charge >= 0.3 is 0 Å². The van der Waals surface area contributed by atoms with Crippen molar-refractivity contribution in [1.29, 1.82) is 0 Å². The van der Waals surface area contributed by atoms with E-state index in [1.54, 1.807) is 19.2 Å². The Labute approximate surface area is 125 Å². The lowest BCUT2D eigenvalue weighted by atomic mass is 9.94. The van der Waals surface area contributed by atoms with Gasteiger partial charge in [-0.1, -0.05) is 0 Å². The first-order valence-corrected chi connectivity index (χ1v) is 7.37. The second-order valence-corrected chi connectivity index (χ2v) is 5.57. The summed E-state index contributed by atoms with van der Waals surface area (Å²) in [6, 6.07) is 4.77. The van der Waals surface area contributed by atoms with Gasteiger partial charge in [-0.2, -0.15) is 0 Å². The van der Waals surface area contributed by atoms with Gasteiger partial charge in [-0.15, -0.1) is 0 Å². The molecule has 1 aromatic carbocycles. The van der Waals surface area contributed by atoms with E-state index in [-0.39, 0.29) is 10.6 Å². The summed E-state index contributed by atoms with van der Waals surface area (Å²) in [5, 5.41) is 10.9. The second kappa shape index (κ2) is 7.38. The Bertz CT molecular complexity index is 491. The Kier molecular flexibility index (Phi) is 5.52. The Morgan fingerprint density at radius 3 is 3.00 bits per heavy atom. The van der Waals surface area contributed by atoms with Crippen LogP contribution in [-0.4, -0.2) is 36.6 Å². The molecule has 116 valence electrons. The summed E-state index contributed by atoms with van der Waals surface area (Å²) in [7, 11) is 1.60. The molecule has 1 saturated heterocycles. The van der Waals surface area contributed by atoms with E-state index < -0.39 is 0 Å². The lowest BCUT2D eigenvalue weighted by Gasteiger charge is -2.32. The van der Waals surface area contributed by atoms with E-state index in [4.69, 9.17) is 10.5 Å². The molecular weight excluding hydrogens is 270 g/mol. The van der Waals surface area contributed by atoms with E-state index in [9.17, 15) is 10.1 Å². The van der Waals surface area contributed by atoms with Gasteiger partial charge in [0.05, 0.1) is 12.0 Å². The minimum atomic E-state index is -0.365. The third-order valence-electron chi connectivity index (χ3n) is 4.05. The highest BCUT2D eigenvalue weighted by atomic mass is 16.6. The van der Waals surface area contributed by atoms with E-state index in [2.05, 4.69) is 4.90 Å². The van der Waals surface area contributed by atoms with E-state index >= 15 is 0 Å². The lowest BCUT2D eigenvalue weighted by Crippen LogP contribution is -2.35. The van der Waals surface area contributed by atoms with Crippen LogP contribution in [0.2, 0.25) is 0 Å². The van der Waals surface area contributed by atoms with Gasteiger partial charge in [0, 0.05) is 30.8 Å². The number of nitro groups is 1. The molecular formula is C15H23N3O3. The number of nitro benzene ring substituents is 1. The van der Waals surface area contributed by atoms with Crippen LogP contribution in [0, 0.1) is 16.0 Å². The SMILES string of the molecule is COc1ccc([N+](=O)[O-])cc1CN1CCCC(CCN)C1. The maximum Gasteiger partial charge on any atom is 0.270 e. The minimum Gasteiger partial charge on any atom is -0.496 e. The fourth-order valence-corrected chi connectivity index (χ4v) is 3.01. The minimum absolute atomic E-state index is 0.112. The first-order chi connectivity index (χ1) is 10.1. The van der Waals surface area contributed by atoms with Crippen LogP contribution >= 0.6 is 0 Å². The van der Waals surface area contributed by atoms with E-state index in [0.29, 0.717) is 18.2 Å². The molecule has 0 spiro atoms. The summed E-state index contributed by atoms with van der Waals surface area (Å²) in [5.41, 5.74) is 6.63. The first kappa shape index (κ1) is 15.7. The van der Waals surface area contributed by atoms with Gasteiger partial charge in [0.2, 0.25) is 0 Å². The van der Waals surface area contributed by atoms with Crippen LogP contribution in [0.15, 0.2) is 18.2 Å². The zero-order chi connectivity index (χ0) is 15.2. The quantitative estimate of drug-likeness (QED) is 0.642. The Hall–Kier alpha value is -1.66. The molecule has 0 amide bonds. The number of nitrogens with two attached hydrogens (primary N) is 1. The average molecular weight is 293 g/mol. The molecule has 1 fully saturated rings. The van der Waals surface area contributed by atoms with Crippen LogP contribution in [0.5, 0.6) is 5.75 Å². The predicted molar refractivity (Wildman–Crippen MR) is 81.3 cm³/mol. The van der Waals surface area contributed by atoms with Crippen molar-refractivity contribution >= 4 is 5.69 Å². The summed E-state index contributed by atoms with van der Waals surface area (Å²) in [5.74, 6) is 1.34. The van der Waals surface area contributed by atoms with Crippen molar-refractivity contribution < 1.29 is 9.66 Å². The number of non-ortho nitro benzene ring substituents is 1. The molecule has 0 bridgehead atoms. The molecule has 6 nitrogen and oxygen atoms in total. The second-order valence-electron chi connectivity index (χ2n) is 5.57. The number of hydrogen-bond acceptors (Lipinski definition) is 5. The van der Waals surface area contributed by atoms with E-state index in [1.165, 1.54) is 12.5 Å². The Morgan fingerprint density at radius 1 is 1.52 bits per heavy atom. The third-order valence-corrected chi connectivity index (χ3v) is 4.05. The van der Waals surface area contributed by atoms with Gasteiger partial charge < -0.3 is 10.5 Å². The molecule has 1 aliphatic heterocycles. The van der Waals surface area contributed by atoms with Crippen LogP contribution in [-0.2, 0) is 6.54 Å². The standard InChI is InChI=1S/C15H23N3O3/c1-21-15-5-4-14(18(19)20)9-13(15)11-17-8-2-3-12(10-17)6-7-16/h4-5,9,12H,2-3,6-8,10-11,16H2,1H3. The molecule has 0 aliphatic carbocycles. The molecule has 1 aliphatic rings. The number of ether oxygens (including phenoxy) is 1. The van der Waals surface area contributed by atoms with Gasteiger partial charge in [-0.3, -0.25) is 15.0 Å². The van der Waals surface area contributed by atoms with Gasteiger partial charge in [-0.05, 0) is 44.3 Å². The molecule has 2 rings (SSSR count). The fourth-order valence-electron chi connectivity index (χ4n) is 3.01. The van der Waals surface area contributed by atoms with Crippen LogP contribution < -0.4 is 10.5 Å². The van der Waals surface area contributed by atoms with Crippen LogP contribution in [0.1, 0.15) is 24.8 Å². The molecule has 1 unspecified atom stereocenters. The molecule has 1 aromatic rings. The average Bonchev–Trinajstić information content (AvgIpc) is 2.48. The van der Waals surface area contributed by atoms with Crippen molar-refractivity contribution in [1.82, 2.24) is 4.90 Å². The zero-order valence-electron chi connectivity index (χ0n) is 12.5. The van der Waals surface area contributed by atoms with Crippen molar-refractivity contribution in [2.75, 3.05) is 26.7 Å². The molecule has 0 aromatic heterocycles. The van der Waals surface area contributed by atoms with Crippen molar-refractivity contribution in [3.8, 4) is 5.75 Å². The number of hydrogen-bond donors (Lipinski definition) is 1. The summed E-state index contributed by atoms with van der Waals surface area (Å²) in [6.07, 6.45) is 3.42. The maximum atomic E-state index is 10.9. The highest BCUT2D eigenvalue weighted by Gasteiger charge is 2.21. The molecule has 2 N–H and O–H groups in total. The number of methoxy groups -OCH3 is 1. The number of likely N-dealkylation sites (tertiary alicyclic amines) is 1. The summed E-state index contributed by atoms with van der Waals surface area (Å²) < 4.78 is 5.33. The Balaban J connectivity index is 2.10. The molecule has 1 heterocycles. The molecule has 0 radical (unpaired) electrons. The summed E-state index contributed by atoms with van der Waals surface area (Å²) >= 11 is 0. The number of piperidine rings is 1. The van der Waals surface area contributed by atoms with Crippen LogP contribution in [0.4, 0.5) is 5.69 Å². The van der Waals surface area contributed by atoms with Crippen molar-refractivity contribution in [2.45, 2.75) is 25.8 Å². The predicted octanol–water partition coefficient (Wildman–Crippen LogP) is 2.16. The number of nitrogens with zero attached hydrogens (tertiary/aromatic N) is 2. The van der Waals surface area contributed by atoms with Crippen molar-refractivity contribution in [2.24, 2.45) is 11.7 Å². The highest BCUT2D eigenvalue weighted by molar-refractivity contribution is 5.43. The van der Waals surface area contributed by atoms with Gasteiger partial charge in [-0.25, -0.2) is 0 Å². The highest BCUT2D eigenvalue weighted by Crippen LogP contribution is 2.27. The molecule has 0 saturated carbocycles. The summed E-state index contributed by atoms with van der Waals surface area (Å²) in [4.78, 5) is 12.9. The van der Waals surface area contributed by atoms with Gasteiger partial charge in [0.25, 0.3) is 5.69 Å².